The molecule has 0 saturated carbocycles. The van der Waals surface area contributed by atoms with E-state index in [1.54, 1.807) is 38.1 Å². The molecule has 2 N–H and O–H groups in total. The molecule has 0 aliphatic heterocycles. The fourth-order valence-corrected chi connectivity index (χ4v) is 4.35. The standard InChI is InChI=1S/C34H43NO5/c1-9-33(5,6)24-15-17-30(28(20-24)34(7,8)10-2)40-29-18-16-26(36)21-27(29)31(37)35-25-14-12-13-23(19-25)22(4)32(38)39-11-3/h12-22,36H,9-11H2,1-8H3,(H,35,37). The summed E-state index contributed by atoms with van der Waals surface area (Å²) in [5, 5.41) is 13.1. The molecule has 6 heteroatoms. The van der Waals surface area contributed by atoms with Crippen molar-refractivity contribution in [1.82, 2.24) is 0 Å². The molecule has 0 aliphatic rings. The van der Waals surface area contributed by atoms with Gasteiger partial charge in [-0.1, -0.05) is 65.8 Å². The van der Waals surface area contributed by atoms with Crippen LogP contribution in [0, 0.1) is 0 Å². The Labute approximate surface area is 238 Å². The molecule has 0 bridgehead atoms. The van der Waals surface area contributed by atoms with Crippen molar-refractivity contribution in [1.29, 1.82) is 0 Å². The Hall–Kier alpha value is -3.80. The number of carbonyl (C=O) groups is 2. The molecule has 3 aromatic rings. The monoisotopic (exact) mass is 545 g/mol. The van der Waals surface area contributed by atoms with Gasteiger partial charge in [0, 0.05) is 11.3 Å². The summed E-state index contributed by atoms with van der Waals surface area (Å²) in [5.41, 5.74) is 3.59. The molecule has 6 nitrogen and oxygen atoms in total. The van der Waals surface area contributed by atoms with Gasteiger partial charge in [0.15, 0.2) is 0 Å². The van der Waals surface area contributed by atoms with Crippen LogP contribution < -0.4 is 10.1 Å². The average molecular weight is 546 g/mol. The molecular weight excluding hydrogens is 502 g/mol. The number of benzene rings is 3. The summed E-state index contributed by atoms with van der Waals surface area (Å²) in [6, 6.07) is 17.9. The van der Waals surface area contributed by atoms with Gasteiger partial charge in [-0.3, -0.25) is 9.59 Å². The molecule has 1 atom stereocenters. The molecule has 40 heavy (non-hydrogen) atoms. The summed E-state index contributed by atoms with van der Waals surface area (Å²) in [6.07, 6.45) is 1.91. The van der Waals surface area contributed by atoms with Gasteiger partial charge < -0.3 is 19.9 Å². The summed E-state index contributed by atoms with van der Waals surface area (Å²) in [5.74, 6) is -0.274. The van der Waals surface area contributed by atoms with Gasteiger partial charge in [0.05, 0.1) is 18.1 Å². The van der Waals surface area contributed by atoms with Crippen molar-refractivity contribution >= 4 is 17.6 Å². The van der Waals surface area contributed by atoms with Crippen molar-refractivity contribution in [2.75, 3.05) is 11.9 Å². The van der Waals surface area contributed by atoms with Crippen LogP contribution in [0.25, 0.3) is 0 Å². The molecule has 1 unspecified atom stereocenters. The molecular formula is C34H43NO5. The van der Waals surface area contributed by atoms with Crippen LogP contribution >= 0.6 is 0 Å². The first-order valence-corrected chi connectivity index (χ1v) is 14.1. The summed E-state index contributed by atoms with van der Waals surface area (Å²) >= 11 is 0. The van der Waals surface area contributed by atoms with Gasteiger partial charge in [-0.2, -0.15) is 0 Å². The predicted octanol–water partition coefficient (Wildman–Crippen LogP) is 8.48. The highest BCUT2D eigenvalue weighted by Gasteiger charge is 2.28. The van der Waals surface area contributed by atoms with Gasteiger partial charge in [-0.15, -0.1) is 0 Å². The third kappa shape index (κ3) is 7.04. The van der Waals surface area contributed by atoms with E-state index in [1.807, 2.05) is 12.1 Å². The second-order valence-electron chi connectivity index (χ2n) is 11.5. The normalized spacial score (nSPS) is 12.5. The maximum absolute atomic E-state index is 13.5. The lowest BCUT2D eigenvalue weighted by Gasteiger charge is -2.30. The smallest absolute Gasteiger partial charge is 0.313 e. The minimum atomic E-state index is -0.475. The van der Waals surface area contributed by atoms with Crippen LogP contribution in [0.4, 0.5) is 5.69 Å². The first-order valence-electron chi connectivity index (χ1n) is 14.1. The fourth-order valence-electron chi connectivity index (χ4n) is 4.35. The van der Waals surface area contributed by atoms with Crippen LogP contribution in [-0.4, -0.2) is 23.6 Å². The number of phenolic OH excluding ortho intramolecular Hbond substituents is 1. The Kier molecular flexibility index (Phi) is 9.67. The number of esters is 1. The lowest BCUT2D eigenvalue weighted by atomic mass is 9.76. The van der Waals surface area contributed by atoms with Gasteiger partial charge in [0.25, 0.3) is 5.91 Å². The number of nitrogens with one attached hydrogen (secondary N) is 1. The van der Waals surface area contributed by atoms with Crippen molar-refractivity contribution in [2.24, 2.45) is 0 Å². The van der Waals surface area contributed by atoms with Crippen molar-refractivity contribution in [2.45, 2.75) is 85.0 Å². The number of carbonyl (C=O) groups excluding carboxylic acids is 2. The minimum Gasteiger partial charge on any atom is -0.508 e. The SMILES string of the molecule is CCOC(=O)C(C)c1cccc(NC(=O)c2cc(O)ccc2Oc2ccc(C(C)(C)CC)cc2C(C)(C)CC)c1. The van der Waals surface area contributed by atoms with Gasteiger partial charge in [-0.05, 0) is 85.0 Å². The molecule has 0 aliphatic carbocycles. The number of rotatable bonds is 11. The fraction of sp³-hybridized carbons (Fsp3) is 0.412. The topological polar surface area (TPSA) is 84.9 Å². The van der Waals surface area contributed by atoms with E-state index in [1.165, 1.54) is 17.7 Å². The molecule has 214 valence electrons. The second-order valence-corrected chi connectivity index (χ2v) is 11.5. The lowest BCUT2D eigenvalue weighted by molar-refractivity contribution is -0.144. The van der Waals surface area contributed by atoms with E-state index < -0.39 is 11.8 Å². The molecule has 0 radical (unpaired) electrons. The number of hydrogen-bond acceptors (Lipinski definition) is 5. The molecule has 0 aromatic heterocycles. The number of ether oxygens (including phenoxy) is 2. The van der Waals surface area contributed by atoms with Crippen LogP contribution in [0.1, 0.15) is 101 Å². The predicted molar refractivity (Wildman–Crippen MR) is 161 cm³/mol. The molecule has 3 aromatic carbocycles. The van der Waals surface area contributed by atoms with Gasteiger partial charge in [-0.25, -0.2) is 0 Å². The Morgan fingerprint density at radius 1 is 0.875 bits per heavy atom. The highest BCUT2D eigenvalue weighted by molar-refractivity contribution is 6.06. The van der Waals surface area contributed by atoms with E-state index >= 15 is 0 Å². The highest BCUT2D eigenvalue weighted by atomic mass is 16.5. The zero-order chi connectivity index (χ0) is 29.7. The summed E-state index contributed by atoms with van der Waals surface area (Å²) in [6.45, 7) is 17.0. The van der Waals surface area contributed by atoms with E-state index in [0.717, 1.165) is 24.0 Å². The lowest BCUT2D eigenvalue weighted by Crippen LogP contribution is -2.21. The third-order valence-electron chi connectivity index (χ3n) is 7.97. The Morgan fingerprint density at radius 2 is 1.55 bits per heavy atom. The first-order chi connectivity index (χ1) is 18.8. The van der Waals surface area contributed by atoms with Crippen LogP contribution in [0.15, 0.2) is 60.7 Å². The summed E-state index contributed by atoms with van der Waals surface area (Å²) in [4.78, 5) is 25.7. The quantitative estimate of drug-likeness (QED) is 0.236. The Balaban J connectivity index is 1.97. The molecule has 0 heterocycles. The molecule has 1 amide bonds. The largest absolute Gasteiger partial charge is 0.508 e. The first kappa shape index (κ1) is 30.7. The number of amides is 1. The minimum absolute atomic E-state index is 0.0139. The van der Waals surface area contributed by atoms with Crippen LogP contribution in [0.5, 0.6) is 17.2 Å². The van der Waals surface area contributed by atoms with Gasteiger partial charge in [0.2, 0.25) is 0 Å². The van der Waals surface area contributed by atoms with Crippen LogP contribution in [0.2, 0.25) is 0 Å². The van der Waals surface area contributed by atoms with Crippen molar-refractivity contribution in [3.05, 3.63) is 82.9 Å². The zero-order valence-corrected chi connectivity index (χ0v) is 25.1. The van der Waals surface area contributed by atoms with Crippen molar-refractivity contribution in [3.63, 3.8) is 0 Å². The van der Waals surface area contributed by atoms with E-state index in [2.05, 4.69) is 59.0 Å². The summed E-state index contributed by atoms with van der Waals surface area (Å²) < 4.78 is 11.6. The van der Waals surface area contributed by atoms with Crippen molar-refractivity contribution < 1.29 is 24.2 Å². The number of hydrogen-bond donors (Lipinski definition) is 2. The van der Waals surface area contributed by atoms with E-state index in [4.69, 9.17) is 9.47 Å². The van der Waals surface area contributed by atoms with E-state index in [0.29, 0.717) is 23.8 Å². The van der Waals surface area contributed by atoms with Gasteiger partial charge in [0.1, 0.15) is 17.2 Å². The number of anilines is 1. The average Bonchev–Trinajstić information content (AvgIpc) is 2.93. The zero-order valence-electron chi connectivity index (χ0n) is 25.1. The third-order valence-corrected chi connectivity index (χ3v) is 7.97. The van der Waals surface area contributed by atoms with Gasteiger partial charge >= 0.3 is 5.97 Å². The molecule has 0 saturated heterocycles. The molecule has 3 rings (SSSR count). The van der Waals surface area contributed by atoms with E-state index in [9.17, 15) is 14.7 Å². The van der Waals surface area contributed by atoms with E-state index in [-0.39, 0.29) is 28.1 Å². The highest BCUT2D eigenvalue weighted by Crippen LogP contribution is 2.41. The van der Waals surface area contributed by atoms with Crippen LogP contribution in [-0.2, 0) is 20.4 Å². The maximum Gasteiger partial charge on any atom is 0.313 e. The van der Waals surface area contributed by atoms with Crippen molar-refractivity contribution in [3.8, 4) is 17.2 Å². The Morgan fingerprint density at radius 3 is 2.20 bits per heavy atom. The number of phenols is 1. The number of aromatic hydroxyl groups is 1. The second kappa shape index (κ2) is 12.6. The maximum atomic E-state index is 13.5. The summed E-state index contributed by atoms with van der Waals surface area (Å²) in [7, 11) is 0. The Bertz CT molecular complexity index is 1360. The van der Waals surface area contributed by atoms with Crippen LogP contribution in [0.3, 0.4) is 0 Å². The molecule has 0 fully saturated rings. The molecule has 0 spiro atoms.